The molecule has 0 spiro atoms. The highest BCUT2D eigenvalue weighted by molar-refractivity contribution is 7.74. The Morgan fingerprint density at radius 3 is 1.50 bits per heavy atom. The Morgan fingerprint density at radius 2 is 1.19 bits per heavy atom. The summed E-state index contributed by atoms with van der Waals surface area (Å²) in [6.45, 7) is 2.31. The van der Waals surface area contributed by atoms with Crippen molar-refractivity contribution in [2.24, 2.45) is 0 Å². The van der Waals surface area contributed by atoms with Crippen LogP contribution < -0.4 is 10.6 Å². The van der Waals surface area contributed by atoms with Gasteiger partial charge >= 0.3 is 0 Å². The van der Waals surface area contributed by atoms with Crippen LogP contribution >= 0.6 is 7.92 Å². The van der Waals surface area contributed by atoms with Gasteiger partial charge < -0.3 is 0 Å². The van der Waals surface area contributed by atoms with Crippen LogP contribution in [-0.2, 0) is 0 Å². The molecule has 0 fully saturated rings. The molecule has 2 aromatic rings. The smallest absolute Gasteiger partial charge is 0.0653 e. The molecular weight excluding hydrogens is 210 g/mol. The molecule has 0 aliphatic heterocycles. The fourth-order valence-electron chi connectivity index (χ4n) is 1.92. The molecule has 1 atom stereocenters. The van der Waals surface area contributed by atoms with Crippen molar-refractivity contribution in [2.75, 3.05) is 0 Å². The third-order valence-corrected chi connectivity index (χ3v) is 5.33. The second-order valence-electron chi connectivity index (χ2n) is 4.13. The van der Waals surface area contributed by atoms with Crippen LogP contribution in [0.1, 0.15) is 6.92 Å². The summed E-state index contributed by atoms with van der Waals surface area (Å²) in [7, 11) is 2.10. The normalized spacial score (nSPS) is 12.6. The topological polar surface area (TPSA) is 0 Å². The third-order valence-electron chi connectivity index (χ3n) is 2.59. The zero-order chi connectivity index (χ0) is 11.4. The number of rotatable bonds is 3. The number of hydrogen-bond acceptors (Lipinski definition) is 0. The molecule has 80 valence electrons. The van der Waals surface area contributed by atoms with E-state index in [1.807, 2.05) is 0 Å². The van der Waals surface area contributed by atoms with Crippen LogP contribution in [0.25, 0.3) is 0 Å². The van der Waals surface area contributed by atoms with Gasteiger partial charge in [0.15, 0.2) is 0 Å². The average molecular weight is 226 g/mol. The fourth-order valence-corrected chi connectivity index (χ4v) is 4.40. The van der Waals surface area contributed by atoms with E-state index < -0.39 is 0 Å². The maximum absolute atomic E-state index is 2.31. The van der Waals surface area contributed by atoms with E-state index in [0.29, 0.717) is 5.56 Å². The summed E-state index contributed by atoms with van der Waals surface area (Å²) < 4.78 is 0. The summed E-state index contributed by atoms with van der Waals surface area (Å²) in [5.74, 6) is 0. The Hall–Kier alpha value is -1.07. The van der Waals surface area contributed by atoms with Gasteiger partial charge in [0.2, 0.25) is 0 Å². The molecule has 0 amide bonds. The van der Waals surface area contributed by atoms with Gasteiger partial charge in [-0.25, -0.2) is 0 Å². The minimum absolute atomic E-state index is 0.210. The molecule has 1 unspecified atom stereocenters. The molecule has 0 bridgehead atoms. The van der Waals surface area contributed by atoms with Crippen LogP contribution in [0.5, 0.6) is 0 Å². The van der Waals surface area contributed by atoms with Gasteiger partial charge in [0, 0.05) is 0 Å². The van der Waals surface area contributed by atoms with Gasteiger partial charge in [-0.15, -0.1) is 0 Å². The van der Waals surface area contributed by atoms with Crippen molar-refractivity contribution in [1.29, 1.82) is 0 Å². The number of hydrogen-bond donors (Lipinski definition) is 0. The van der Waals surface area contributed by atoms with Gasteiger partial charge in [0.25, 0.3) is 0 Å². The fraction of sp³-hybridized carbons (Fsp3) is 0.143. The van der Waals surface area contributed by atoms with E-state index in [1.54, 1.807) is 0 Å². The summed E-state index contributed by atoms with van der Waals surface area (Å²) >= 11 is 0. The van der Waals surface area contributed by atoms with Gasteiger partial charge in [-0.2, -0.15) is 0 Å². The highest BCUT2D eigenvalue weighted by atomic mass is 31.1. The Bertz CT molecular complexity index is 386. The number of benzene rings is 2. The zero-order valence-electron chi connectivity index (χ0n) is 9.80. The summed E-state index contributed by atoms with van der Waals surface area (Å²) in [5.41, 5.74) is 0.680. The maximum atomic E-state index is 2.31. The highest BCUT2D eigenvalue weighted by Gasteiger charge is 2.16. The Kier molecular flexibility index (Phi) is 3.80. The van der Waals surface area contributed by atoms with Crippen LogP contribution in [-0.4, -0.2) is 13.4 Å². The Morgan fingerprint density at radius 1 is 0.812 bits per heavy atom. The van der Waals surface area contributed by atoms with E-state index in [2.05, 4.69) is 75.4 Å². The molecule has 0 saturated carbocycles. The van der Waals surface area contributed by atoms with Crippen LogP contribution in [0.2, 0.25) is 0 Å². The van der Waals surface area contributed by atoms with E-state index in [0.717, 1.165) is 0 Å². The van der Waals surface area contributed by atoms with E-state index in [-0.39, 0.29) is 7.92 Å². The molecule has 0 aromatic heterocycles. The van der Waals surface area contributed by atoms with Gasteiger partial charge in [0.05, 0.1) is 0 Å². The molecule has 2 aromatic carbocycles. The molecule has 0 aliphatic rings. The van der Waals surface area contributed by atoms with E-state index in [4.69, 9.17) is 0 Å². The van der Waals surface area contributed by atoms with Gasteiger partial charge in [-0.1, -0.05) is 67.6 Å². The van der Waals surface area contributed by atoms with Crippen molar-refractivity contribution >= 4 is 26.4 Å². The molecule has 0 heterocycles. The van der Waals surface area contributed by atoms with Gasteiger partial charge in [-0.3, -0.25) is 0 Å². The largest absolute Gasteiger partial charge is 0.111 e. The predicted molar refractivity (Wildman–Crippen MR) is 77.1 cm³/mol. The van der Waals surface area contributed by atoms with E-state index in [9.17, 15) is 0 Å². The summed E-state index contributed by atoms with van der Waals surface area (Å²) in [4.78, 5) is 0. The van der Waals surface area contributed by atoms with Crippen LogP contribution in [0.15, 0.2) is 60.7 Å². The van der Waals surface area contributed by atoms with E-state index >= 15 is 0 Å². The minimum atomic E-state index is -0.210. The molecule has 0 saturated heterocycles. The monoisotopic (exact) mass is 226 g/mol. The molecule has 16 heavy (non-hydrogen) atoms. The average Bonchev–Trinajstić information content (AvgIpc) is 2.31. The molecule has 0 N–H and O–H groups in total. The van der Waals surface area contributed by atoms with Gasteiger partial charge in [0.1, 0.15) is 7.85 Å². The standard InChI is InChI=1S/C14H16BP/c1-12(15)16(13-8-4-2-5-9-13)14-10-6-3-7-11-14/h2-12H,15H2,1H3. The first-order valence-corrected chi connectivity index (χ1v) is 7.09. The van der Waals surface area contributed by atoms with Crippen molar-refractivity contribution in [3.05, 3.63) is 60.7 Å². The lowest BCUT2D eigenvalue weighted by Gasteiger charge is -2.22. The van der Waals surface area contributed by atoms with Crippen molar-refractivity contribution in [1.82, 2.24) is 0 Å². The van der Waals surface area contributed by atoms with Crippen LogP contribution in [0.4, 0.5) is 0 Å². The lowest BCUT2D eigenvalue weighted by atomic mass is 10.1. The second kappa shape index (κ2) is 5.32. The quantitative estimate of drug-likeness (QED) is 0.555. The van der Waals surface area contributed by atoms with Crippen molar-refractivity contribution in [2.45, 2.75) is 12.5 Å². The summed E-state index contributed by atoms with van der Waals surface area (Å²) in [5, 5.41) is 2.94. The lowest BCUT2D eigenvalue weighted by Crippen LogP contribution is -2.19. The summed E-state index contributed by atoms with van der Waals surface area (Å²) in [6, 6.07) is 21.7. The molecule has 2 heteroatoms. The highest BCUT2D eigenvalue weighted by Crippen LogP contribution is 2.37. The maximum Gasteiger partial charge on any atom is 0.111 e. The Labute approximate surface area is 99.9 Å². The first kappa shape index (κ1) is 11.4. The third kappa shape index (κ3) is 2.54. The molecule has 0 nitrogen and oxygen atoms in total. The van der Waals surface area contributed by atoms with E-state index in [1.165, 1.54) is 10.6 Å². The minimum Gasteiger partial charge on any atom is -0.0653 e. The molecule has 0 radical (unpaired) electrons. The Balaban J connectivity index is 2.40. The predicted octanol–water partition coefficient (Wildman–Crippen LogP) is 2.10. The SMILES string of the molecule is BC(C)P(c1ccccc1)c1ccccc1. The summed E-state index contributed by atoms with van der Waals surface area (Å²) in [6.07, 6.45) is 0. The lowest BCUT2D eigenvalue weighted by molar-refractivity contribution is 1.38. The van der Waals surface area contributed by atoms with Crippen LogP contribution in [0.3, 0.4) is 0 Å². The molecular formula is C14H16BP. The van der Waals surface area contributed by atoms with Crippen molar-refractivity contribution in [3.63, 3.8) is 0 Å². The zero-order valence-corrected chi connectivity index (χ0v) is 10.7. The van der Waals surface area contributed by atoms with Crippen LogP contribution in [0, 0.1) is 0 Å². The van der Waals surface area contributed by atoms with Gasteiger partial charge in [-0.05, 0) is 24.1 Å². The molecule has 2 rings (SSSR count). The molecule has 0 aliphatic carbocycles. The second-order valence-corrected chi connectivity index (χ2v) is 6.94. The first-order chi connectivity index (χ1) is 7.79. The van der Waals surface area contributed by atoms with Crippen molar-refractivity contribution < 1.29 is 0 Å². The van der Waals surface area contributed by atoms with Crippen molar-refractivity contribution in [3.8, 4) is 0 Å². The first-order valence-electron chi connectivity index (χ1n) is 5.68.